The molecule has 0 radical (unpaired) electrons. The number of thioether (sulfide) groups is 1. The summed E-state index contributed by atoms with van der Waals surface area (Å²) in [6.07, 6.45) is 1.60. The fourth-order valence-electron chi connectivity index (χ4n) is 3.36. The second-order valence-electron chi connectivity index (χ2n) is 7.66. The molecule has 0 bridgehead atoms. The average Bonchev–Trinajstić information content (AvgIpc) is 3.09. The van der Waals surface area contributed by atoms with Gasteiger partial charge >= 0.3 is 5.97 Å². The summed E-state index contributed by atoms with van der Waals surface area (Å²) in [5.41, 5.74) is 2.78. The summed E-state index contributed by atoms with van der Waals surface area (Å²) in [6.45, 7) is 2.17. The Morgan fingerprint density at radius 2 is 1.83 bits per heavy atom. The number of methoxy groups -OCH3 is 1. The van der Waals surface area contributed by atoms with Crippen LogP contribution in [0.25, 0.3) is 6.08 Å². The fourth-order valence-corrected chi connectivity index (χ4v) is 4.95. The van der Waals surface area contributed by atoms with Crippen LogP contribution in [0.15, 0.2) is 70.0 Å². The highest BCUT2D eigenvalue weighted by Crippen LogP contribution is 2.40. The van der Waals surface area contributed by atoms with Crippen LogP contribution >= 0.6 is 39.3 Å². The molecule has 9 heteroatoms. The number of hydrogen-bond acceptors (Lipinski definition) is 6. The van der Waals surface area contributed by atoms with Crippen molar-refractivity contribution in [3.63, 3.8) is 0 Å². The van der Waals surface area contributed by atoms with Crippen molar-refractivity contribution in [3.05, 3.63) is 97.3 Å². The third kappa shape index (κ3) is 5.61. The first kappa shape index (κ1) is 25.0. The Bertz CT molecular complexity index is 1360. The molecule has 1 saturated heterocycles. The molecule has 0 atom stereocenters. The maximum Gasteiger partial charge on any atom is 0.345 e. The predicted octanol–water partition coefficient (Wildman–Crippen LogP) is 6.88. The second kappa shape index (κ2) is 10.7. The van der Waals surface area contributed by atoms with E-state index in [0.29, 0.717) is 10.0 Å². The van der Waals surface area contributed by atoms with Crippen molar-refractivity contribution in [3.8, 4) is 11.5 Å². The number of benzene rings is 3. The van der Waals surface area contributed by atoms with Crippen LogP contribution < -0.4 is 9.47 Å². The SMILES string of the molecule is COc1cc(/C=C2\SC(=O)N(Cc3ccc(C)cc3)C2=O)cc(Br)c1OC(=O)c1ccccc1Cl. The molecule has 6 nitrogen and oxygen atoms in total. The van der Waals surface area contributed by atoms with Gasteiger partial charge in [-0.15, -0.1) is 0 Å². The summed E-state index contributed by atoms with van der Waals surface area (Å²) in [4.78, 5) is 39.6. The molecule has 3 aromatic carbocycles. The van der Waals surface area contributed by atoms with E-state index in [9.17, 15) is 14.4 Å². The number of carbonyl (C=O) groups is 3. The van der Waals surface area contributed by atoms with Crippen molar-refractivity contribution in [2.75, 3.05) is 7.11 Å². The van der Waals surface area contributed by atoms with E-state index in [0.717, 1.165) is 22.9 Å². The summed E-state index contributed by atoms with van der Waals surface area (Å²) in [6, 6.07) is 17.5. The summed E-state index contributed by atoms with van der Waals surface area (Å²) in [5, 5.41) is -0.0660. The van der Waals surface area contributed by atoms with E-state index in [1.807, 2.05) is 31.2 Å². The van der Waals surface area contributed by atoms with Crippen molar-refractivity contribution in [1.82, 2.24) is 4.90 Å². The van der Waals surface area contributed by atoms with Crippen LogP contribution in [0.1, 0.15) is 27.0 Å². The van der Waals surface area contributed by atoms with Crippen molar-refractivity contribution in [2.45, 2.75) is 13.5 Å². The Kier molecular flexibility index (Phi) is 7.64. The van der Waals surface area contributed by atoms with Crippen molar-refractivity contribution >= 4 is 62.5 Å². The second-order valence-corrected chi connectivity index (χ2v) is 9.91. The fraction of sp³-hybridized carbons (Fsp3) is 0.115. The van der Waals surface area contributed by atoms with Gasteiger partial charge in [-0.25, -0.2) is 4.79 Å². The normalized spacial score (nSPS) is 14.5. The van der Waals surface area contributed by atoms with E-state index in [4.69, 9.17) is 21.1 Å². The smallest absolute Gasteiger partial charge is 0.345 e. The molecule has 1 aliphatic rings. The maximum atomic E-state index is 12.9. The van der Waals surface area contributed by atoms with E-state index in [2.05, 4.69) is 15.9 Å². The van der Waals surface area contributed by atoms with Crippen molar-refractivity contribution < 1.29 is 23.9 Å². The zero-order valence-corrected chi connectivity index (χ0v) is 21.9. The molecule has 0 aromatic heterocycles. The van der Waals surface area contributed by atoms with Crippen molar-refractivity contribution in [1.29, 1.82) is 0 Å². The Labute approximate surface area is 220 Å². The number of aryl methyl sites for hydroxylation is 1. The van der Waals surface area contributed by atoms with Gasteiger partial charge in [-0.1, -0.05) is 53.6 Å². The van der Waals surface area contributed by atoms with E-state index in [-0.39, 0.29) is 44.7 Å². The summed E-state index contributed by atoms with van der Waals surface area (Å²) < 4.78 is 11.4. The largest absolute Gasteiger partial charge is 0.493 e. The molecule has 0 saturated carbocycles. The zero-order valence-electron chi connectivity index (χ0n) is 18.7. The minimum absolute atomic E-state index is 0.169. The van der Waals surface area contributed by atoms with Crippen LogP contribution in [-0.4, -0.2) is 29.1 Å². The molecular weight excluding hydrogens is 554 g/mol. The molecule has 0 spiro atoms. The minimum atomic E-state index is -0.639. The average molecular weight is 573 g/mol. The molecule has 0 aliphatic carbocycles. The number of ether oxygens (including phenoxy) is 2. The van der Waals surface area contributed by atoms with Gasteiger partial charge in [-0.05, 0) is 76.1 Å². The number of esters is 1. The third-order valence-corrected chi connectivity index (χ3v) is 7.00. The van der Waals surface area contributed by atoms with Crippen LogP contribution in [0.3, 0.4) is 0 Å². The first-order chi connectivity index (χ1) is 16.8. The van der Waals surface area contributed by atoms with E-state index >= 15 is 0 Å². The first-order valence-corrected chi connectivity index (χ1v) is 12.4. The highest BCUT2D eigenvalue weighted by molar-refractivity contribution is 9.10. The number of hydrogen-bond donors (Lipinski definition) is 0. The molecule has 2 amide bonds. The van der Waals surface area contributed by atoms with E-state index < -0.39 is 5.97 Å². The number of rotatable bonds is 6. The van der Waals surface area contributed by atoms with Gasteiger partial charge in [0.05, 0.1) is 33.6 Å². The number of carbonyl (C=O) groups excluding carboxylic acids is 3. The molecule has 1 fully saturated rings. The number of imide groups is 1. The van der Waals surface area contributed by atoms with Crippen LogP contribution in [-0.2, 0) is 11.3 Å². The molecule has 0 unspecified atom stereocenters. The Hall–Kier alpha value is -3.07. The highest BCUT2D eigenvalue weighted by Gasteiger charge is 2.35. The van der Waals surface area contributed by atoms with Gasteiger partial charge in [0.1, 0.15) is 0 Å². The number of amides is 2. The Morgan fingerprint density at radius 1 is 1.11 bits per heavy atom. The van der Waals surface area contributed by atoms with E-state index in [1.165, 1.54) is 12.0 Å². The molecule has 35 heavy (non-hydrogen) atoms. The Morgan fingerprint density at radius 3 is 2.51 bits per heavy atom. The molecule has 3 aromatic rings. The lowest BCUT2D eigenvalue weighted by atomic mass is 10.1. The molecule has 0 N–H and O–H groups in total. The van der Waals surface area contributed by atoms with Gasteiger partial charge in [0.15, 0.2) is 11.5 Å². The Balaban J connectivity index is 1.57. The molecule has 4 rings (SSSR count). The standard InChI is InChI=1S/C26H19BrClNO5S/c1-15-7-9-16(10-8-15)14-29-24(30)22(35-26(29)32)13-17-11-19(27)23(21(12-17)33-2)34-25(31)18-5-3-4-6-20(18)28/h3-13H,14H2,1-2H3/b22-13-. The van der Waals surface area contributed by atoms with Crippen molar-refractivity contribution in [2.24, 2.45) is 0 Å². The van der Waals surface area contributed by atoms with Crippen LogP contribution in [0.2, 0.25) is 5.02 Å². The lowest BCUT2D eigenvalue weighted by molar-refractivity contribution is -0.123. The summed E-state index contributed by atoms with van der Waals surface area (Å²) in [7, 11) is 1.44. The quantitative estimate of drug-likeness (QED) is 0.182. The summed E-state index contributed by atoms with van der Waals surface area (Å²) in [5.74, 6) is -0.573. The molecule has 178 valence electrons. The van der Waals surface area contributed by atoms with Crippen LogP contribution in [0.5, 0.6) is 11.5 Å². The molecule has 1 heterocycles. The molecule has 1 aliphatic heterocycles. The van der Waals surface area contributed by atoms with Gasteiger partial charge < -0.3 is 9.47 Å². The predicted molar refractivity (Wildman–Crippen MR) is 140 cm³/mol. The van der Waals surface area contributed by atoms with E-state index in [1.54, 1.807) is 42.5 Å². The van der Waals surface area contributed by atoms with Gasteiger partial charge in [0.2, 0.25) is 0 Å². The van der Waals surface area contributed by atoms with Crippen LogP contribution in [0.4, 0.5) is 4.79 Å². The van der Waals surface area contributed by atoms with Gasteiger partial charge in [-0.2, -0.15) is 0 Å². The van der Waals surface area contributed by atoms with Gasteiger partial charge in [0, 0.05) is 0 Å². The highest BCUT2D eigenvalue weighted by atomic mass is 79.9. The topological polar surface area (TPSA) is 72.9 Å². The lowest BCUT2D eigenvalue weighted by Gasteiger charge is -2.13. The minimum Gasteiger partial charge on any atom is -0.493 e. The number of halogens is 2. The zero-order chi connectivity index (χ0) is 25.1. The first-order valence-electron chi connectivity index (χ1n) is 10.4. The lowest BCUT2D eigenvalue weighted by Crippen LogP contribution is -2.27. The number of nitrogens with zero attached hydrogens (tertiary/aromatic N) is 1. The maximum absolute atomic E-state index is 12.9. The monoisotopic (exact) mass is 571 g/mol. The van der Waals surface area contributed by atoms with Gasteiger partial charge in [-0.3, -0.25) is 14.5 Å². The van der Waals surface area contributed by atoms with Crippen LogP contribution in [0, 0.1) is 6.92 Å². The molecular formula is C26H19BrClNO5S. The summed E-state index contributed by atoms with van der Waals surface area (Å²) >= 11 is 10.4. The third-order valence-electron chi connectivity index (χ3n) is 5.17. The van der Waals surface area contributed by atoms with Gasteiger partial charge in [0.25, 0.3) is 11.1 Å².